The van der Waals surface area contributed by atoms with Crippen LogP contribution in [0.1, 0.15) is 24.1 Å². The maximum atomic E-state index is 12.7. The van der Waals surface area contributed by atoms with Gasteiger partial charge in [-0.15, -0.1) is 0 Å². The number of fused-ring (bicyclic) bond motifs is 1. The van der Waals surface area contributed by atoms with Crippen LogP contribution >= 0.6 is 11.6 Å². The Morgan fingerprint density at radius 1 is 1.46 bits per heavy atom. The summed E-state index contributed by atoms with van der Waals surface area (Å²) in [5.41, 5.74) is 2.97. The highest BCUT2D eigenvalue weighted by Crippen LogP contribution is 2.24. The minimum atomic E-state index is -0.0830. The number of nitrogens with zero attached hydrogens (tertiary/aromatic N) is 3. The second-order valence-electron chi connectivity index (χ2n) is 7.36. The van der Waals surface area contributed by atoms with Crippen molar-refractivity contribution in [2.24, 2.45) is 0 Å². The first-order valence-electron chi connectivity index (χ1n) is 9.45. The number of piperidine rings is 1. The van der Waals surface area contributed by atoms with Gasteiger partial charge in [0.05, 0.1) is 12.6 Å². The second-order valence-corrected chi connectivity index (χ2v) is 7.80. The van der Waals surface area contributed by atoms with Crippen LogP contribution in [-0.4, -0.2) is 47.3 Å². The topological polar surface area (TPSA) is 77.4 Å². The fraction of sp³-hybridized carbons (Fsp3) is 0.400. The van der Waals surface area contributed by atoms with Gasteiger partial charge in [0.2, 0.25) is 0 Å². The summed E-state index contributed by atoms with van der Waals surface area (Å²) < 4.78 is 5.07. The predicted molar refractivity (Wildman–Crippen MR) is 110 cm³/mol. The van der Waals surface area contributed by atoms with Crippen molar-refractivity contribution in [2.75, 3.05) is 25.0 Å². The Balaban J connectivity index is 1.36. The first-order chi connectivity index (χ1) is 13.5. The van der Waals surface area contributed by atoms with E-state index in [-0.39, 0.29) is 12.1 Å². The number of aromatic nitrogens is 2. The van der Waals surface area contributed by atoms with Crippen LogP contribution < -0.4 is 10.2 Å². The molecule has 0 aliphatic carbocycles. The van der Waals surface area contributed by atoms with E-state index in [1.165, 1.54) is 0 Å². The van der Waals surface area contributed by atoms with Gasteiger partial charge in [-0.05, 0) is 44.0 Å². The largest absolute Gasteiger partial charge is 0.362 e. The molecule has 1 fully saturated rings. The number of amides is 2. The molecule has 2 aromatic heterocycles. The van der Waals surface area contributed by atoms with E-state index in [2.05, 4.69) is 20.4 Å². The van der Waals surface area contributed by atoms with Crippen LogP contribution in [0.25, 0.3) is 10.9 Å². The summed E-state index contributed by atoms with van der Waals surface area (Å²) >= 11 is 6.04. The third kappa shape index (κ3) is 3.80. The molecular weight excluding hydrogens is 378 g/mol. The summed E-state index contributed by atoms with van der Waals surface area (Å²) in [6.45, 7) is 4.10. The van der Waals surface area contributed by atoms with Crippen molar-refractivity contribution in [2.45, 2.75) is 32.4 Å². The van der Waals surface area contributed by atoms with E-state index in [0.29, 0.717) is 11.6 Å². The number of anilines is 1. The fourth-order valence-corrected chi connectivity index (χ4v) is 3.95. The number of aromatic amines is 1. The molecule has 1 aromatic carbocycles. The van der Waals surface area contributed by atoms with Gasteiger partial charge in [-0.25, -0.2) is 4.79 Å². The summed E-state index contributed by atoms with van der Waals surface area (Å²) in [5.74, 6) is 0.871. The third-order valence-corrected chi connectivity index (χ3v) is 5.59. The Hall–Kier alpha value is -2.67. The third-order valence-electron chi connectivity index (χ3n) is 5.35. The van der Waals surface area contributed by atoms with Crippen molar-refractivity contribution in [3.05, 3.63) is 46.8 Å². The number of urea groups is 1. The lowest BCUT2D eigenvalue weighted by Gasteiger charge is -2.37. The molecule has 7 nitrogen and oxygen atoms in total. The Bertz CT molecular complexity index is 982. The van der Waals surface area contributed by atoms with E-state index < -0.39 is 0 Å². The Kier molecular flexibility index (Phi) is 5.17. The summed E-state index contributed by atoms with van der Waals surface area (Å²) in [6.07, 6.45) is 3.64. The molecule has 1 unspecified atom stereocenters. The molecule has 148 valence electrons. The maximum Gasteiger partial charge on any atom is 0.317 e. The van der Waals surface area contributed by atoms with Crippen molar-refractivity contribution in [3.63, 3.8) is 0 Å². The first-order valence-corrected chi connectivity index (χ1v) is 9.83. The molecule has 4 rings (SSSR count). The van der Waals surface area contributed by atoms with Crippen LogP contribution in [0.15, 0.2) is 35.1 Å². The summed E-state index contributed by atoms with van der Waals surface area (Å²) in [4.78, 5) is 20.0. The van der Waals surface area contributed by atoms with Crippen LogP contribution in [0.2, 0.25) is 5.02 Å². The molecule has 0 saturated carbocycles. The van der Waals surface area contributed by atoms with E-state index >= 15 is 0 Å². The van der Waals surface area contributed by atoms with Gasteiger partial charge in [0.15, 0.2) is 5.82 Å². The van der Waals surface area contributed by atoms with Gasteiger partial charge < -0.3 is 24.6 Å². The number of carbonyl (C=O) groups is 1. The summed E-state index contributed by atoms with van der Waals surface area (Å²) in [7, 11) is 1.85. The highest BCUT2D eigenvalue weighted by atomic mass is 35.5. The minimum absolute atomic E-state index is 0.0830. The monoisotopic (exact) mass is 401 g/mol. The lowest BCUT2D eigenvalue weighted by molar-refractivity contribution is 0.182. The number of rotatable bonds is 4. The smallest absolute Gasteiger partial charge is 0.317 e. The normalized spacial score (nSPS) is 17.1. The zero-order valence-electron chi connectivity index (χ0n) is 16.0. The molecule has 1 atom stereocenters. The number of hydrogen-bond acceptors (Lipinski definition) is 4. The lowest BCUT2D eigenvalue weighted by atomic mass is 10.0. The molecule has 1 saturated heterocycles. The van der Waals surface area contributed by atoms with Crippen molar-refractivity contribution >= 4 is 34.4 Å². The van der Waals surface area contributed by atoms with Crippen LogP contribution in [0, 0.1) is 6.92 Å². The van der Waals surface area contributed by atoms with Crippen molar-refractivity contribution in [1.82, 2.24) is 20.4 Å². The van der Waals surface area contributed by atoms with Crippen LogP contribution in [0.4, 0.5) is 10.6 Å². The van der Waals surface area contributed by atoms with E-state index in [9.17, 15) is 4.79 Å². The SMILES string of the molecule is Cc1conc1N1CCCC(N(C)C(=O)NCc2cc3cc(Cl)ccc3[nH]2)C1. The standard InChI is InChI=1S/C20H24ClN5O2/c1-13-12-28-24-19(13)26-7-3-4-17(11-26)25(2)20(27)22-10-16-9-14-8-15(21)5-6-18(14)23-16/h5-6,8-9,12,17,23H,3-4,7,10-11H2,1-2H3,(H,22,27). The van der Waals surface area contributed by atoms with Gasteiger partial charge in [-0.3, -0.25) is 0 Å². The van der Waals surface area contributed by atoms with Crippen LogP contribution in [0.5, 0.6) is 0 Å². The maximum absolute atomic E-state index is 12.7. The molecule has 3 aromatic rings. The van der Waals surface area contributed by atoms with Crippen molar-refractivity contribution < 1.29 is 9.32 Å². The first kappa shape index (κ1) is 18.7. The van der Waals surface area contributed by atoms with Crippen molar-refractivity contribution in [1.29, 1.82) is 0 Å². The molecule has 1 aliphatic heterocycles. The zero-order chi connectivity index (χ0) is 19.7. The molecular formula is C20H24ClN5O2. The molecule has 0 bridgehead atoms. The molecule has 2 N–H and O–H groups in total. The minimum Gasteiger partial charge on any atom is -0.362 e. The Morgan fingerprint density at radius 2 is 2.32 bits per heavy atom. The van der Waals surface area contributed by atoms with E-state index in [1.807, 2.05) is 38.2 Å². The van der Waals surface area contributed by atoms with Gasteiger partial charge in [0, 0.05) is 47.3 Å². The average Bonchev–Trinajstić information content (AvgIpc) is 3.30. The van der Waals surface area contributed by atoms with Gasteiger partial charge in [-0.1, -0.05) is 16.8 Å². The number of hydrogen-bond donors (Lipinski definition) is 2. The van der Waals surface area contributed by atoms with Crippen LogP contribution in [-0.2, 0) is 6.54 Å². The van der Waals surface area contributed by atoms with Gasteiger partial charge in [-0.2, -0.15) is 0 Å². The summed E-state index contributed by atoms with van der Waals surface area (Å²) in [6, 6.07) is 7.76. The lowest BCUT2D eigenvalue weighted by Crippen LogP contribution is -2.51. The van der Waals surface area contributed by atoms with Crippen molar-refractivity contribution in [3.8, 4) is 0 Å². The number of aryl methyl sites for hydroxylation is 1. The number of H-pyrrole nitrogens is 1. The van der Waals surface area contributed by atoms with Gasteiger partial charge in [0.25, 0.3) is 0 Å². The summed E-state index contributed by atoms with van der Waals surface area (Å²) in [5, 5.41) is 8.84. The number of halogens is 1. The fourth-order valence-electron chi connectivity index (χ4n) is 3.77. The average molecular weight is 402 g/mol. The Labute approximate surface area is 168 Å². The quantitative estimate of drug-likeness (QED) is 0.694. The zero-order valence-corrected chi connectivity index (χ0v) is 16.8. The van der Waals surface area contributed by atoms with E-state index in [1.54, 1.807) is 11.2 Å². The molecule has 8 heteroatoms. The molecule has 28 heavy (non-hydrogen) atoms. The van der Waals surface area contributed by atoms with Crippen LogP contribution in [0.3, 0.4) is 0 Å². The molecule has 1 aliphatic rings. The predicted octanol–water partition coefficient (Wildman–Crippen LogP) is 3.93. The molecule has 2 amide bonds. The van der Waals surface area contributed by atoms with Gasteiger partial charge >= 0.3 is 6.03 Å². The van der Waals surface area contributed by atoms with E-state index in [4.69, 9.17) is 16.1 Å². The molecule has 0 radical (unpaired) electrons. The Morgan fingerprint density at radius 3 is 3.11 bits per heavy atom. The van der Waals surface area contributed by atoms with E-state index in [0.717, 1.165) is 53.9 Å². The number of likely N-dealkylation sites (N-methyl/N-ethyl adjacent to an activating group) is 1. The second kappa shape index (κ2) is 7.75. The highest BCUT2D eigenvalue weighted by Gasteiger charge is 2.28. The molecule has 3 heterocycles. The number of carbonyl (C=O) groups excluding carboxylic acids is 1. The number of nitrogens with one attached hydrogen (secondary N) is 2. The number of benzene rings is 1. The van der Waals surface area contributed by atoms with Gasteiger partial charge in [0.1, 0.15) is 6.26 Å². The molecule has 0 spiro atoms. The highest BCUT2D eigenvalue weighted by molar-refractivity contribution is 6.31.